The summed E-state index contributed by atoms with van der Waals surface area (Å²) in [5.41, 5.74) is 0.770. The van der Waals surface area contributed by atoms with E-state index in [1.54, 1.807) is 32.0 Å². The third-order valence-corrected chi connectivity index (χ3v) is 6.19. The second kappa shape index (κ2) is 9.66. The van der Waals surface area contributed by atoms with E-state index in [1.807, 2.05) is 0 Å². The second-order valence-corrected chi connectivity index (χ2v) is 8.43. The van der Waals surface area contributed by atoms with Crippen LogP contribution in [-0.2, 0) is 16.6 Å². The summed E-state index contributed by atoms with van der Waals surface area (Å²) >= 11 is 0. The standard InChI is InChI=1S/C19H23F2N3O4S/c1-13(2)24(3)29(26,27)16-10-8-15(9-11-16)23-19(25)22-12-14-6-4-5-7-17(14)28-18(20)21/h4-11,13,18H,12H2,1-3H3,(H2,22,23,25). The summed E-state index contributed by atoms with van der Waals surface area (Å²) in [5.74, 6) is -0.0216. The summed E-state index contributed by atoms with van der Waals surface area (Å²) in [4.78, 5) is 12.2. The molecule has 2 aromatic carbocycles. The minimum absolute atomic E-state index is 0.0216. The summed E-state index contributed by atoms with van der Waals surface area (Å²) in [5, 5.41) is 5.09. The van der Waals surface area contributed by atoms with E-state index in [0.29, 0.717) is 11.3 Å². The van der Waals surface area contributed by atoms with Crippen molar-refractivity contribution in [3.8, 4) is 5.75 Å². The minimum Gasteiger partial charge on any atom is -0.434 e. The van der Waals surface area contributed by atoms with Gasteiger partial charge in [0.05, 0.1) is 4.90 Å². The number of halogens is 2. The van der Waals surface area contributed by atoms with Crippen LogP contribution in [0.4, 0.5) is 19.3 Å². The molecule has 7 nitrogen and oxygen atoms in total. The van der Waals surface area contributed by atoms with Gasteiger partial charge in [0, 0.05) is 30.9 Å². The molecule has 0 saturated heterocycles. The van der Waals surface area contributed by atoms with Gasteiger partial charge in [0.15, 0.2) is 0 Å². The zero-order valence-corrected chi connectivity index (χ0v) is 17.0. The molecule has 0 aromatic heterocycles. The lowest BCUT2D eigenvalue weighted by atomic mass is 10.2. The third-order valence-electron chi connectivity index (χ3n) is 4.14. The predicted molar refractivity (Wildman–Crippen MR) is 105 cm³/mol. The van der Waals surface area contributed by atoms with Gasteiger partial charge in [-0.3, -0.25) is 0 Å². The fourth-order valence-electron chi connectivity index (χ4n) is 2.37. The van der Waals surface area contributed by atoms with Gasteiger partial charge in [-0.2, -0.15) is 13.1 Å². The van der Waals surface area contributed by atoms with E-state index in [2.05, 4.69) is 15.4 Å². The van der Waals surface area contributed by atoms with E-state index < -0.39 is 22.7 Å². The highest BCUT2D eigenvalue weighted by molar-refractivity contribution is 7.89. The number of hydrogen-bond donors (Lipinski definition) is 2. The molecule has 0 unspecified atom stereocenters. The largest absolute Gasteiger partial charge is 0.434 e. The van der Waals surface area contributed by atoms with Crippen LogP contribution >= 0.6 is 0 Å². The maximum Gasteiger partial charge on any atom is 0.387 e. The van der Waals surface area contributed by atoms with Crippen molar-refractivity contribution in [1.29, 1.82) is 0 Å². The number of rotatable bonds is 8. The molecular weight excluding hydrogens is 404 g/mol. The Morgan fingerprint density at radius 2 is 1.72 bits per heavy atom. The number of benzene rings is 2. The molecular formula is C19H23F2N3O4S. The van der Waals surface area contributed by atoms with Crippen molar-refractivity contribution in [1.82, 2.24) is 9.62 Å². The predicted octanol–water partition coefficient (Wildman–Crippen LogP) is 3.64. The summed E-state index contributed by atoms with van der Waals surface area (Å²) in [6, 6.07) is 11.1. The number of sulfonamides is 1. The van der Waals surface area contributed by atoms with Gasteiger partial charge in [0.2, 0.25) is 10.0 Å². The van der Waals surface area contributed by atoms with Gasteiger partial charge in [-0.1, -0.05) is 18.2 Å². The maximum atomic E-state index is 12.4. The monoisotopic (exact) mass is 427 g/mol. The Bertz CT molecular complexity index is 935. The number of nitrogens with one attached hydrogen (secondary N) is 2. The van der Waals surface area contributed by atoms with Gasteiger partial charge in [-0.05, 0) is 44.2 Å². The number of carbonyl (C=O) groups is 1. The molecule has 0 aliphatic carbocycles. The number of para-hydroxylation sites is 1. The number of hydrogen-bond acceptors (Lipinski definition) is 4. The van der Waals surface area contributed by atoms with Crippen molar-refractivity contribution in [2.24, 2.45) is 0 Å². The molecule has 158 valence electrons. The summed E-state index contributed by atoms with van der Waals surface area (Å²) in [6.07, 6.45) is 0. The quantitative estimate of drug-likeness (QED) is 0.673. The number of carbonyl (C=O) groups excluding carboxylic acids is 1. The molecule has 0 spiro atoms. The number of urea groups is 1. The highest BCUT2D eigenvalue weighted by atomic mass is 32.2. The van der Waals surface area contributed by atoms with Gasteiger partial charge in [0.25, 0.3) is 0 Å². The number of alkyl halides is 2. The Kier molecular flexibility index (Phi) is 7.52. The smallest absolute Gasteiger partial charge is 0.387 e. The number of amides is 2. The van der Waals surface area contributed by atoms with Crippen LogP contribution < -0.4 is 15.4 Å². The van der Waals surface area contributed by atoms with E-state index >= 15 is 0 Å². The molecule has 0 radical (unpaired) electrons. The average molecular weight is 427 g/mol. The number of nitrogens with zero attached hydrogens (tertiary/aromatic N) is 1. The Balaban J connectivity index is 1.99. The van der Waals surface area contributed by atoms with Crippen molar-refractivity contribution < 1.29 is 26.7 Å². The molecule has 0 fully saturated rings. The van der Waals surface area contributed by atoms with Crippen LogP contribution in [-0.4, -0.2) is 38.5 Å². The lowest BCUT2D eigenvalue weighted by Crippen LogP contribution is -2.33. The molecule has 0 aliphatic heterocycles. The normalized spacial score (nSPS) is 11.7. The van der Waals surface area contributed by atoms with E-state index in [4.69, 9.17) is 0 Å². The molecule has 0 heterocycles. The van der Waals surface area contributed by atoms with Crippen LogP contribution in [0.3, 0.4) is 0 Å². The number of anilines is 1. The molecule has 29 heavy (non-hydrogen) atoms. The molecule has 2 aromatic rings. The Labute approximate surface area is 168 Å². The molecule has 2 amide bonds. The average Bonchev–Trinajstić information content (AvgIpc) is 2.66. The van der Waals surface area contributed by atoms with Crippen molar-refractivity contribution in [2.75, 3.05) is 12.4 Å². The first-order chi connectivity index (χ1) is 13.6. The van der Waals surface area contributed by atoms with Crippen LogP contribution in [0, 0.1) is 0 Å². The zero-order chi connectivity index (χ0) is 21.6. The number of ether oxygens (including phenoxy) is 1. The highest BCUT2D eigenvalue weighted by Gasteiger charge is 2.22. The Morgan fingerprint density at radius 3 is 2.31 bits per heavy atom. The van der Waals surface area contributed by atoms with Gasteiger partial charge >= 0.3 is 12.6 Å². The fraction of sp³-hybridized carbons (Fsp3) is 0.316. The molecule has 0 bridgehead atoms. The summed E-state index contributed by atoms with van der Waals surface area (Å²) in [7, 11) is -2.12. The lowest BCUT2D eigenvalue weighted by Gasteiger charge is -2.21. The maximum absolute atomic E-state index is 12.4. The molecule has 0 atom stereocenters. The van der Waals surface area contributed by atoms with Crippen molar-refractivity contribution in [3.05, 3.63) is 54.1 Å². The second-order valence-electron chi connectivity index (χ2n) is 6.43. The van der Waals surface area contributed by atoms with Crippen LogP contribution in [0.1, 0.15) is 19.4 Å². The van der Waals surface area contributed by atoms with E-state index in [0.717, 1.165) is 0 Å². The molecule has 0 saturated carbocycles. The topological polar surface area (TPSA) is 87.7 Å². The first kappa shape index (κ1) is 22.6. The molecule has 10 heteroatoms. The van der Waals surface area contributed by atoms with E-state index in [1.165, 1.54) is 41.7 Å². The van der Waals surface area contributed by atoms with E-state index in [-0.39, 0.29) is 23.2 Å². The zero-order valence-electron chi connectivity index (χ0n) is 16.2. The summed E-state index contributed by atoms with van der Waals surface area (Å²) < 4.78 is 55.4. The minimum atomic E-state index is -3.61. The van der Waals surface area contributed by atoms with Crippen LogP contribution in [0.15, 0.2) is 53.4 Å². The van der Waals surface area contributed by atoms with Crippen LogP contribution in [0.2, 0.25) is 0 Å². The summed E-state index contributed by atoms with van der Waals surface area (Å²) in [6.45, 7) is 0.542. The van der Waals surface area contributed by atoms with Crippen molar-refractivity contribution in [3.63, 3.8) is 0 Å². The van der Waals surface area contributed by atoms with Gasteiger partial charge in [0.1, 0.15) is 5.75 Å². The van der Waals surface area contributed by atoms with Gasteiger partial charge in [-0.15, -0.1) is 0 Å². The first-order valence-electron chi connectivity index (χ1n) is 8.77. The lowest BCUT2D eigenvalue weighted by molar-refractivity contribution is -0.0504. The van der Waals surface area contributed by atoms with Crippen LogP contribution in [0.5, 0.6) is 5.75 Å². The third kappa shape index (κ3) is 6.13. The van der Waals surface area contributed by atoms with Crippen molar-refractivity contribution in [2.45, 2.75) is 37.9 Å². The van der Waals surface area contributed by atoms with E-state index in [9.17, 15) is 22.0 Å². The van der Waals surface area contributed by atoms with Crippen molar-refractivity contribution >= 4 is 21.7 Å². The molecule has 0 aliphatic rings. The first-order valence-corrected chi connectivity index (χ1v) is 10.2. The SMILES string of the molecule is CC(C)N(C)S(=O)(=O)c1ccc(NC(=O)NCc2ccccc2OC(F)F)cc1. The van der Waals surface area contributed by atoms with Gasteiger partial charge < -0.3 is 15.4 Å². The molecule has 2 N–H and O–H groups in total. The highest BCUT2D eigenvalue weighted by Crippen LogP contribution is 2.21. The Hall–Kier alpha value is -2.72. The Morgan fingerprint density at radius 1 is 1.10 bits per heavy atom. The van der Waals surface area contributed by atoms with Crippen LogP contribution in [0.25, 0.3) is 0 Å². The molecule has 2 rings (SSSR count). The van der Waals surface area contributed by atoms with Gasteiger partial charge in [-0.25, -0.2) is 13.2 Å². The fourth-order valence-corrected chi connectivity index (χ4v) is 3.73.